The normalized spacial score (nSPS) is 19.7. The number of benzene rings is 1. The van der Waals surface area contributed by atoms with Crippen LogP contribution >= 0.6 is 15.9 Å². The number of amides is 1. The van der Waals surface area contributed by atoms with Crippen LogP contribution < -0.4 is 5.32 Å². The third-order valence-electron chi connectivity index (χ3n) is 3.89. The summed E-state index contributed by atoms with van der Waals surface area (Å²) in [4.78, 5) is 12.5. The summed E-state index contributed by atoms with van der Waals surface area (Å²) in [6.45, 7) is 5.40. The van der Waals surface area contributed by atoms with E-state index < -0.39 is 10.0 Å². The number of nitrogens with zero attached hydrogens (tertiary/aromatic N) is 1. The number of rotatable bonds is 5. The second kappa shape index (κ2) is 7.77. The van der Waals surface area contributed by atoms with Gasteiger partial charge in [-0.05, 0) is 43.0 Å². The van der Waals surface area contributed by atoms with Crippen molar-refractivity contribution < 1.29 is 13.2 Å². The predicted molar refractivity (Wildman–Crippen MR) is 93.5 cm³/mol. The molecule has 128 valence electrons. The van der Waals surface area contributed by atoms with E-state index in [1.807, 2.05) is 13.8 Å². The molecule has 0 aromatic heterocycles. The van der Waals surface area contributed by atoms with Gasteiger partial charge in [0.05, 0.1) is 10.8 Å². The highest BCUT2D eigenvalue weighted by molar-refractivity contribution is 9.10. The lowest BCUT2D eigenvalue weighted by Crippen LogP contribution is -2.45. The standard InChI is InChI=1S/C16H23BrN2O3S/c1-12(2)10-18-16(20)13-4-3-9-19(11-13)23(21,22)15-7-5-14(17)6-8-15/h5-8,12-13H,3-4,9-11H2,1-2H3,(H,18,20). The molecule has 1 atom stereocenters. The molecule has 1 heterocycles. The van der Waals surface area contributed by atoms with E-state index in [0.717, 1.165) is 10.9 Å². The van der Waals surface area contributed by atoms with E-state index >= 15 is 0 Å². The van der Waals surface area contributed by atoms with Gasteiger partial charge < -0.3 is 5.32 Å². The molecule has 1 aromatic carbocycles. The number of nitrogens with one attached hydrogen (secondary N) is 1. The molecule has 1 saturated heterocycles. The Morgan fingerprint density at radius 2 is 2.00 bits per heavy atom. The van der Waals surface area contributed by atoms with Crippen LogP contribution in [0.4, 0.5) is 0 Å². The Kier molecular flexibility index (Phi) is 6.22. The van der Waals surface area contributed by atoms with Gasteiger partial charge in [0, 0.05) is 24.1 Å². The van der Waals surface area contributed by atoms with Gasteiger partial charge in [-0.1, -0.05) is 29.8 Å². The van der Waals surface area contributed by atoms with Gasteiger partial charge in [0.15, 0.2) is 0 Å². The highest BCUT2D eigenvalue weighted by Crippen LogP contribution is 2.25. The smallest absolute Gasteiger partial charge is 0.243 e. The van der Waals surface area contributed by atoms with Crippen LogP contribution in [0, 0.1) is 11.8 Å². The molecule has 1 fully saturated rings. The molecule has 0 saturated carbocycles. The number of hydrogen-bond acceptors (Lipinski definition) is 3. The SMILES string of the molecule is CC(C)CNC(=O)C1CCCN(S(=O)(=O)c2ccc(Br)cc2)C1. The monoisotopic (exact) mass is 402 g/mol. The quantitative estimate of drug-likeness (QED) is 0.822. The molecule has 2 rings (SSSR count). The maximum absolute atomic E-state index is 12.7. The van der Waals surface area contributed by atoms with Crippen molar-refractivity contribution in [2.75, 3.05) is 19.6 Å². The van der Waals surface area contributed by atoms with Crippen molar-refractivity contribution in [2.24, 2.45) is 11.8 Å². The molecule has 5 nitrogen and oxygen atoms in total. The minimum atomic E-state index is -3.54. The summed E-state index contributed by atoms with van der Waals surface area (Å²) in [6, 6.07) is 6.59. The zero-order chi connectivity index (χ0) is 17.0. The van der Waals surface area contributed by atoms with Gasteiger partial charge in [0.2, 0.25) is 15.9 Å². The molecular formula is C16H23BrN2O3S. The summed E-state index contributed by atoms with van der Waals surface area (Å²) < 4.78 is 27.7. The Morgan fingerprint density at radius 1 is 1.35 bits per heavy atom. The first-order valence-electron chi connectivity index (χ1n) is 7.84. The first-order valence-corrected chi connectivity index (χ1v) is 10.1. The Bertz CT molecular complexity index is 644. The van der Waals surface area contributed by atoms with Gasteiger partial charge in [-0.3, -0.25) is 4.79 Å². The van der Waals surface area contributed by atoms with Gasteiger partial charge in [-0.25, -0.2) is 8.42 Å². The average molecular weight is 403 g/mol. The van der Waals surface area contributed by atoms with Gasteiger partial charge in [0.25, 0.3) is 0 Å². The molecule has 0 radical (unpaired) electrons. The van der Waals surface area contributed by atoms with Crippen molar-refractivity contribution in [3.63, 3.8) is 0 Å². The van der Waals surface area contributed by atoms with Crippen LogP contribution in [0.3, 0.4) is 0 Å². The molecule has 1 amide bonds. The first kappa shape index (κ1) is 18.4. The zero-order valence-corrected chi connectivity index (χ0v) is 15.9. The Labute approximate surface area is 146 Å². The fourth-order valence-electron chi connectivity index (χ4n) is 2.58. The summed E-state index contributed by atoms with van der Waals surface area (Å²) in [6.07, 6.45) is 1.44. The molecule has 0 spiro atoms. The number of carbonyl (C=O) groups is 1. The number of piperidine rings is 1. The van der Waals surface area contributed by atoms with Gasteiger partial charge in [-0.2, -0.15) is 4.31 Å². The van der Waals surface area contributed by atoms with Crippen molar-refractivity contribution in [1.29, 1.82) is 0 Å². The number of carbonyl (C=O) groups excluding carboxylic acids is 1. The molecule has 1 aliphatic heterocycles. The lowest BCUT2D eigenvalue weighted by atomic mass is 9.98. The highest BCUT2D eigenvalue weighted by atomic mass is 79.9. The molecule has 23 heavy (non-hydrogen) atoms. The number of sulfonamides is 1. The molecule has 1 N–H and O–H groups in total. The lowest BCUT2D eigenvalue weighted by molar-refractivity contribution is -0.126. The Morgan fingerprint density at radius 3 is 2.61 bits per heavy atom. The largest absolute Gasteiger partial charge is 0.356 e. The van der Waals surface area contributed by atoms with Gasteiger partial charge in [0.1, 0.15) is 0 Å². The minimum Gasteiger partial charge on any atom is -0.356 e. The minimum absolute atomic E-state index is 0.0468. The van der Waals surface area contributed by atoms with E-state index in [1.54, 1.807) is 24.3 Å². The van der Waals surface area contributed by atoms with Crippen LogP contribution in [0.25, 0.3) is 0 Å². The molecule has 7 heteroatoms. The van der Waals surface area contributed by atoms with E-state index in [0.29, 0.717) is 25.4 Å². The average Bonchev–Trinajstić information content (AvgIpc) is 2.53. The van der Waals surface area contributed by atoms with E-state index in [4.69, 9.17) is 0 Å². The van der Waals surface area contributed by atoms with E-state index in [1.165, 1.54) is 4.31 Å². The second-order valence-corrected chi connectivity index (χ2v) is 9.15. The summed E-state index contributed by atoms with van der Waals surface area (Å²) >= 11 is 3.30. The maximum atomic E-state index is 12.7. The summed E-state index contributed by atoms with van der Waals surface area (Å²) in [5, 5.41) is 2.90. The molecule has 1 aliphatic rings. The molecular weight excluding hydrogens is 380 g/mol. The topological polar surface area (TPSA) is 66.5 Å². The highest BCUT2D eigenvalue weighted by Gasteiger charge is 2.33. The van der Waals surface area contributed by atoms with Crippen LogP contribution in [0.1, 0.15) is 26.7 Å². The Balaban J connectivity index is 2.08. The van der Waals surface area contributed by atoms with Crippen LogP contribution in [-0.2, 0) is 14.8 Å². The van der Waals surface area contributed by atoms with E-state index in [2.05, 4.69) is 21.2 Å². The molecule has 0 bridgehead atoms. The van der Waals surface area contributed by atoms with E-state index in [9.17, 15) is 13.2 Å². The summed E-state index contributed by atoms with van der Waals surface area (Å²) in [5.74, 6) is 0.0623. The third kappa shape index (κ3) is 4.78. The van der Waals surface area contributed by atoms with Crippen LogP contribution in [-0.4, -0.2) is 38.3 Å². The van der Waals surface area contributed by atoms with Crippen molar-refractivity contribution >= 4 is 31.9 Å². The molecule has 1 unspecified atom stereocenters. The first-order chi connectivity index (χ1) is 10.8. The summed E-state index contributed by atoms with van der Waals surface area (Å²) in [5.41, 5.74) is 0. The van der Waals surface area contributed by atoms with Crippen LogP contribution in [0.15, 0.2) is 33.6 Å². The summed E-state index contributed by atoms with van der Waals surface area (Å²) in [7, 11) is -3.54. The fourth-order valence-corrected chi connectivity index (χ4v) is 4.37. The Hall–Kier alpha value is -0.920. The van der Waals surface area contributed by atoms with Gasteiger partial charge >= 0.3 is 0 Å². The van der Waals surface area contributed by atoms with Crippen molar-refractivity contribution in [3.8, 4) is 0 Å². The number of halogens is 1. The van der Waals surface area contributed by atoms with Gasteiger partial charge in [-0.15, -0.1) is 0 Å². The van der Waals surface area contributed by atoms with Crippen molar-refractivity contribution in [2.45, 2.75) is 31.6 Å². The predicted octanol–water partition coefficient (Wildman–Crippen LogP) is 2.62. The zero-order valence-electron chi connectivity index (χ0n) is 13.5. The number of hydrogen-bond donors (Lipinski definition) is 1. The fraction of sp³-hybridized carbons (Fsp3) is 0.562. The molecule has 0 aliphatic carbocycles. The van der Waals surface area contributed by atoms with Crippen LogP contribution in [0.2, 0.25) is 0 Å². The molecule has 1 aromatic rings. The lowest BCUT2D eigenvalue weighted by Gasteiger charge is -2.31. The van der Waals surface area contributed by atoms with Crippen molar-refractivity contribution in [1.82, 2.24) is 9.62 Å². The van der Waals surface area contributed by atoms with E-state index in [-0.39, 0.29) is 23.3 Å². The maximum Gasteiger partial charge on any atom is 0.243 e. The van der Waals surface area contributed by atoms with Crippen LogP contribution in [0.5, 0.6) is 0 Å². The third-order valence-corrected chi connectivity index (χ3v) is 6.30. The second-order valence-electron chi connectivity index (χ2n) is 6.30. The van der Waals surface area contributed by atoms with Crippen molar-refractivity contribution in [3.05, 3.63) is 28.7 Å².